The molecule has 4 heterocycles. The summed E-state index contributed by atoms with van der Waals surface area (Å²) in [5.41, 5.74) is 1.41. The first kappa shape index (κ1) is 22.2. The molecular weight excluding hydrogens is 460 g/mol. The van der Waals surface area contributed by atoms with Crippen LogP contribution in [0, 0.1) is 0 Å². The lowest BCUT2D eigenvalue weighted by molar-refractivity contribution is -0.172. The predicted octanol–water partition coefficient (Wildman–Crippen LogP) is 3.44. The van der Waals surface area contributed by atoms with E-state index in [0.717, 1.165) is 5.56 Å². The number of benzene rings is 2. The Morgan fingerprint density at radius 3 is 2.64 bits per heavy atom. The third kappa shape index (κ3) is 3.18. The summed E-state index contributed by atoms with van der Waals surface area (Å²) in [4.78, 5) is 44.1. The minimum absolute atomic E-state index is 0.0524. The molecule has 0 fully saturated rings. The summed E-state index contributed by atoms with van der Waals surface area (Å²) >= 11 is 0. The SMILES string of the molecule is CC[C@@]1(O)C(=O)OCc2c1cc1n(c2=O)Cc2c-1nc1ccccc1c2C(=O)OCc1ccccc1. The van der Waals surface area contributed by atoms with Crippen LogP contribution in [-0.2, 0) is 39.6 Å². The lowest BCUT2D eigenvalue weighted by atomic mass is 9.86. The maximum atomic E-state index is 13.5. The molecule has 2 aliphatic rings. The normalized spacial score (nSPS) is 17.8. The van der Waals surface area contributed by atoms with E-state index in [2.05, 4.69) is 0 Å². The number of rotatable bonds is 4. The van der Waals surface area contributed by atoms with Gasteiger partial charge in [0.1, 0.15) is 13.2 Å². The van der Waals surface area contributed by atoms with Crippen LogP contribution in [0.2, 0.25) is 0 Å². The number of carbonyl (C=O) groups is 2. The molecule has 8 heteroatoms. The third-order valence-electron chi connectivity index (χ3n) is 7.01. The minimum atomic E-state index is -1.92. The van der Waals surface area contributed by atoms with Crippen LogP contribution in [0.1, 0.15) is 46.0 Å². The fraction of sp³-hybridized carbons (Fsp3) is 0.214. The highest BCUT2D eigenvalue weighted by Crippen LogP contribution is 2.40. The molecule has 6 rings (SSSR count). The molecule has 8 nitrogen and oxygen atoms in total. The number of aromatic nitrogens is 2. The van der Waals surface area contributed by atoms with Crippen LogP contribution in [0.25, 0.3) is 22.3 Å². The van der Waals surface area contributed by atoms with Crippen molar-refractivity contribution in [2.24, 2.45) is 0 Å². The molecule has 0 bridgehead atoms. The number of cyclic esters (lactones) is 1. The highest BCUT2D eigenvalue weighted by atomic mass is 16.6. The third-order valence-corrected chi connectivity index (χ3v) is 7.01. The first-order chi connectivity index (χ1) is 17.4. The average molecular weight is 482 g/mol. The zero-order chi connectivity index (χ0) is 25.0. The second-order valence-corrected chi connectivity index (χ2v) is 9.00. The van der Waals surface area contributed by atoms with E-state index in [0.29, 0.717) is 33.4 Å². The molecule has 36 heavy (non-hydrogen) atoms. The molecule has 1 atom stereocenters. The molecule has 0 spiro atoms. The fourth-order valence-corrected chi connectivity index (χ4v) is 5.06. The highest BCUT2D eigenvalue weighted by Gasteiger charge is 2.45. The van der Waals surface area contributed by atoms with Crippen LogP contribution in [0.5, 0.6) is 0 Å². The number of fused-ring (bicyclic) bond motifs is 5. The molecule has 180 valence electrons. The number of aliphatic hydroxyl groups is 1. The molecule has 1 N–H and O–H groups in total. The van der Waals surface area contributed by atoms with E-state index in [9.17, 15) is 19.5 Å². The van der Waals surface area contributed by atoms with Crippen LogP contribution in [0.15, 0.2) is 65.5 Å². The zero-order valence-electron chi connectivity index (χ0n) is 19.5. The van der Waals surface area contributed by atoms with Gasteiger partial charge in [-0.05, 0) is 24.1 Å². The first-order valence-corrected chi connectivity index (χ1v) is 11.7. The quantitative estimate of drug-likeness (QED) is 0.391. The Hall–Kier alpha value is -4.30. The number of nitrogens with zero attached hydrogens (tertiary/aromatic N) is 2. The molecule has 0 saturated heterocycles. The van der Waals surface area contributed by atoms with Gasteiger partial charge in [-0.25, -0.2) is 14.6 Å². The van der Waals surface area contributed by atoms with Gasteiger partial charge in [0.15, 0.2) is 5.60 Å². The van der Waals surface area contributed by atoms with E-state index in [1.807, 2.05) is 42.5 Å². The van der Waals surface area contributed by atoms with Crippen molar-refractivity contribution in [3.05, 3.63) is 98.8 Å². The summed E-state index contributed by atoms with van der Waals surface area (Å²) in [6.45, 7) is 1.66. The van der Waals surface area contributed by atoms with E-state index in [1.54, 1.807) is 25.1 Å². The Morgan fingerprint density at radius 2 is 1.86 bits per heavy atom. The van der Waals surface area contributed by atoms with Crippen LogP contribution in [0.3, 0.4) is 0 Å². The molecule has 4 aromatic rings. The molecule has 2 aliphatic heterocycles. The standard InChI is InChI=1S/C28H22N2O6/c1-2-28(34)20-12-22-24-18(13-30(22)25(31)19(20)15-36-27(28)33)23(17-10-6-7-11-21(17)29-24)26(32)35-14-16-8-4-3-5-9-16/h3-12,34H,2,13-15H2,1H3/t28-/m0/s1. The second-order valence-electron chi connectivity index (χ2n) is 9.00. The maximum absolute atomic E-state index is 13.5. The van der Waals surface area contributed by atoms with E-state index >= 15 is 0 Å². The summed E-state index contributed by atoms with van der Waals surface area (Å²) in [6, 6.07) is 18.3. The molecule has 2 aromatic carbocycles. The number of esters is 2. The van der Waals surface area contributed by atoms with Crippen LogP contribution in [0.4, 0.5) is 0 Å². The van der Waals surface area contributed by atoms with Gasteiger partial charge in [-0.2, -0.15) is 0 Å². The molecule has 2 aromatic heterocycles. The Morgan fingerprint density at radius 1 is 1.11 bits per heavy atom. The van der Waals surface area contributed by atoms with Gasteiger partial charge in [-0.1, -0.05) is 55.5 Å². The smallest absolute Gasteiger partial charge is 0.343 e. The highest BCUT2D eigenvalue weighted by molar-refractivity contribution is 6.07. The minimum Gasteiger partial charge on any atom is -0.458 e. The number of pyridine rings is 2. The Balaban J connectivity index is 1.52. The van der Waals surface area contributed by atoms with Crippen molar-refractivity contribution in [3.63, 3.8) is 0 Å². The van der Waals surface area contributed by atoms with Crippen molar-refractivity contribution in [2.45, 2.75) is 38.7 Å². The summed E-state index contributed by atoms with van der Waals surface area (Å²) in [5, 5.41) is 11.7. The number of ether oxygens (including phenoxy) is 2. The summed E-state index contributed by atoms with van der Waals surface area (Å²) in [7, 11) is 0. The largest absolute Gasteiger partial charge is 0.458 e. The first-order valence-electron chi connectivity index (χ1n) is 11.7. The van der Waals surface area contributed by atoms with Gasteiger partial charge in [0.05, 0.1) is 34.6 Å². The predicted molar refractivity (Wildman–Crippen MR) is 130 cm³/mol. The maximum Gasteiger partial charge on any atom is 0.343 e. The van der Waals surface area contributed by atoms with Crippen LogP contribution in [-0.4, -0.2) is 26.6 Å². The number of hydrogen-bond acceptors (Lipinski definition) is 7. The summed E-state index contributed by atoms with van der Waals surface area (Å²) < 4.78 is 12.3. The topological polar surface area (TPSA) is 108 Å². The van der Waals surface area contributed by atoms with E-state index in [1.165, 1.54) is 4.57 Å². The number of para-hydroxylation sites is 1. The molecule has 0 unspecified atom stereocenters. The fourth-order valence-electron chi connectivity index (χ4n) is 5.06. The van der Waals surface area contributed by atoms with Gasteiger partial charge in [-0.15, -0.1) is 0 Å². The second kappa shape index (κ2) is 8.13. The molecule has 0 saturated carbocycles. The summed E-state index contributed by atoms with van der Waals surface area (Å²) in [5.74, 6) is -1.29. The molecular formula is C28H22N2O6. The molecule has 0 radical (unpaired) electrons. The van der Waals surface area contributed by atoms with Crippen molar-refractivity contribution in [1.82, 2.24) is 9.55 Å². The zero-order valence-corrected chi connectivity index (χ0v) is 19.5. The van der Waals surface area contributed by atoms with Gasteiger partial charge in [0, 0.05) is 16.5 Å². The van der Waals surface area contributed by atoms with Gasteiger partial charge >= 0.3 is 11.9 Å². The number of carbonyl (C=O) groups excluding carboxylic acids is 2. The monoisotopic (exact) mass is 482 g/mol. The van der Waals surface area contributed by atoms with Crippen molar-refractivity contribution in [1.29, 1.82) is 0 Å². The number of hydrogen-bond donors (Lipinski definition) is 1. The van der Waals surface area contributed by atoms with Crippen LogP contribution < -0.4 is 5.56 Å². The lowest BCUT2D eigenvalue weighted by Gasteiger charge is -2.31. The van der Waals surface area contributed by atoms with E-state index < -0.39 is 17.5 Å². The Labute approximate surface area is 205 Å². The van der Waals surface area contributed by atoms with Crippen molar-refractivity contribution < 1.29 is 24.2 Å². The molecule has 0 amide bonds. The Kier molecular flexibility index (Phi) is 5.01. The Bertz CT molecular complexity index is 1630. The van der Waals surface area contributed by atoms with Crippen LogP contribution >= 0.6 is 0 Å². The molecule has 0 aliphatic carbocycles. The van der Waals surface area contributed by atoms with Gasteiger partial charge in [0.25, 0.3) is 5.56 Å². The van der Waals surface area contributed by atoms with Gasteiger partial charge in [-0.3, -0.25) is 4.79 Å². The average Bonchev–Trinajstić information content (AvgIpc) is 3.27. The van der Waals surface area contributed by atoms with E-state index in [4.69, 9.17) is 14.5 Å². The van der Waals surface area contributed by atoms with Crippen molar-refractivity contribution in [2.75, 3.05) is 0 Å². The van der Waals surface area contributed by atoms with Crippen molar-refractivity contribution >= 4 is 22.8 Å². The summed E-state index contributed by atoms with van der Waals surface area (Å²) in [6.07, 6.45) is 0.0524. The lowest BCUT2D eigenvalue weighted by Crippen LogP contribution is -2.44. The van der Waals surface area contributed by atoms with E-state index in [-0.39, 0.29) is 42.9 Å². The van der Waals surface area contributed by atoms with Crippen molar-refractivity contribution in [3.8, 4) is 11.4 Å². The van der Waals surface area contributed by atoms with Gasteiger partial charge in [0.2, 0.25) is 0 Å². The van der Waals surface area contributed by atoms with Gasteiger partial charge < -0.3 is 19.1 Å².